The van der Waals surface area contributed by atoms with Gasteiger partial charge in [-0.25, -0.2) is 0 Å². The molecule has 3 atom stereocenters. The normalized spacial score (nSPS) is 44.7. The Labute approximate surface area is 68.7 Å². The van der Waals surface area contributed by atoms with Crippen LogP contribution in [0.2, 0.25) is 0 Å². The second kappa shape index (κ2) is 2.76. The van der Waals surface area contributed by atoms with E-state index >= 15 is 0 Å². The third-order valence-electron chi connectivity index (χ3n) is 3.14. The quantitative estimate of drug-likeness (QED) is 0.638. The van der Waals surface area contributed by atoms with Crippen LogP contribution < -0.4 is 5.73 Å². The molecule has 1 saturated carbocycles. The Morgan fingerprint density at radius 2 is 2.27 bits per heavy atom. The van der Waals surface area contributed by atoms with E-state index in [-0.39, 0.29) is 0 Å². The molecule has 3 unspecified atom stereocenters. The van der Waals surface area contributed by atoms with Crippen LogP contribution in [0.4, 0.5) is 0 Å². The van der Waals surface area contributed by atoms with Crippen LogP contribution in [0.1, 0.15) is 26.2 Å². The van der Waals surface area contributed by atoms with Crippen molar-refractivity contribution < 1.29 is 0 Å². The minimum atomic E-state index is 0.530. The second-order valence-electron chi connectivity index (χ2n) is 4.15. The molecule has 2 N–H and O–H groups in total. The average molecular weight is 154 g/mol. The van der Waals surface area contributed by atoms with Crippen molar-refractivity contribution in [2.45, 2.75) is 38.3 Å². The van der Waals surface area contributed by atoms with Crippen LogP contribution in [0, 0.1) is 5.92 Å². The van der Waals surface area contributed by atoms with E-state index in [1.54, 1.807) is 0 Å². The van der Waals surface area contributed by atoms with E-state index in [0.717, 1.165) is 12.0 Å². The van der Waals surface area contributed by atoms with Crippen LogP contribution >= 0.6 is 0 Å². The van der Waals surface area contributed by atoms with Crippen molar-refractivity contribution in [1.29, 1.82) is 0 Å². The van der Waals surface area contributed by atoms with Crippen molar-refractivity contribution in [3.63, 3.8) is 0 Å². The van der Waals surface area contributed by atoms with E-state index < -0.39 is 0 Å². The number of nitrogens with zero attached hydrogens (tertiary/aromatic N) is 1. The molecular formula is C9H18N2. The lowest BCUT2D eigenvalue weighted by Gasteiger charge is -2.20. The Morgan fingerprint density at radius 1 is 1.55 bits per heavy atom. The van der Waals surface area contributed by atoms with Crippen molar-refractivity contribution in [3.05, 3.63) is 0 Å². The van der Waals surface area contributed by atoms with Crippen LogP contribution in [-0.2, 0) is 0 Å². The van der Waals surface area contributed by atoms with Gasteiger partial charge in [-0.15, -0.1) is 0 Å². The van der Waals surface area contributed by atoms with Crippen LogP contribution in [0.5, 0.6) is 0 Å². The summed E-state index contributed by atoms with van der Waals surface area (Å²) in [6.45, 7) is 4.91. The lowest BCUT2D eigenvalue weighted by molar-refractivity contribution is 0.256. The zero-order valence-electron chi connectivity index (χ0n) is 7.29. The monoisotopic (exact) mass is 154 g/mol. The zero-order chi connectivity index (χ0) is 7.84. The van der Waals surface area contributed by atoms with Crippen molar-refractivity contribution in [2.24, 2.45) is 11.7 Å². The zero-order valence-corrected chi connectivity index (χ0v) is 7.29. The van der Waals surface area contributed by atoms with Gasteiger partial charge in [-0.1, -0.05) is 0 Å². The summed E-state index contributed by atoms with van der Waals surface area (Å²) >= 11 is 0. The van der Waals surface area contributed by atoms with Crippen LogP contribution in [0.25, 0.3) is 0 Å². The van der Waals surface area contributed by atoms with E-state index in [1.165, 1.54) is 32.4 Å². The highest BCUT2D eigenvalue weighted by Gasteiger charge is 2.36. The van der Waals surface area contributed by atoms with Crippen molar-refractivity contribution in [2.75, 3.05) is 13.1 Å². The molecule has 1 heterocycles. The Bertz CT molecular complexity index is 146. The Balaban J connectivity index is 1.77. The summed E-state index contributed by atoms with van der Waals surface area (Å²) in [7, 11) is 0. The van der Waals surface area contributed by atoms with Crippen molar-refractivity contribution >= 4 is 0 Å². The second-order valence-corrected chi connectivity index (χ2v) is 4.15. The summed E-state index contributed by atoms with van der Waals surface area (Å²) in [5.74, 6) is 0.829. The predicted octanol–water partition coefficient (Wildman–Crippen LogP) is 0.818. The first-order chi connectivity index (χ1) is 5.27. The maximum atomic E-state index is 5.76. The molecule has 2 rings (SSSR count). The molecule has 0 aromatic heterocycles. The number of rotatable bonds is 2. The minimum absolute atomic E-state index is 0.530. The van der Waals surface area contributed by atoms with Gasteiger partial charge in [0.1, 0.15) is 0 Å². The summed E-state index contributed by atoms with van der Waals surface area (Å²) in [4.78, 5) is 2.59. The molecule has 2 aliphatic rings. The molecule has 1 aliphatic heterocycles. The van der Waals surface area contributed by atoms with E-state index in [4.69, 9.17) is 5.73 Å². The first-order valence-electron chi connectivity index (χ1n) is 4.77. The smallest absolute Gasteiger partial charge is 0.00836 e. The fraction of sp³-hybridized carbons (Fsp3) is 1.00. The van der Waals surface area contributed by atoms with Crippen molar-refractivity contribution in [1.82, 2.24) is 4.90 Å². The standard InChI is InChI=1S/C9H18N2/c1-7-3-2-4-11(7)6-8-5-9(8)10/h7-9H,2-6,10H2,1H3. The molecule has 0 bridgehead atoms. The fourth-order valence-corrected chi connectivity index (χ4v) is 2.05. The molecule has 0 aromatic rings. The maximum absolute atomic E-state index is 5.76. The minimum Gasteiger partial charge on any atom is -0.327 e. The predicted molar refractivity (Wildman–Crippen MR) is 46.4 cm³/mol. The highest BCUT2D eigenvalue weighted by atomic mass is 15.2. The number of hydrogen-bond donors (Lipinski definition) is 1. The average Bonchev–Trinajstić information content (AvgIpc) is 2.48. The first-order valence-corrected chi connectivity index (χ1v) is 4.77. The topological polar surface area (TPSA) is 29.3 Å². The molecule has 0 spiro atoms. The highest BCUT2D eigenvalue weighted by Crippen LogP contribution is 2.31. The fourth-order valence-electron chi connectivity index (χ4n) is 2.05. The lowest BCUT2D eigenvalue weighted by Crippen LogP contribution is -2.30. The van der Waals surface area contributed by atoms with Gasteiger partial charge in [0.05, 0.1) is 0 Å². The van der Waals surface area contributed by atoms with Gasteiger partial charge >= 0.3 is 0 Å². The number of likely N-dealkylation sites (tertiary alicyclic amines) is 1. The molecule has 0 radical (unpaired) electrons. The first kappa shape index (κ1) is 7.56. The van der Waals surface area contributed by atoms with Gasteiger partial charge in [-0.2, -0.15) is 0 Å². The third-order valence-corrected chi connectivity index (χ3v) is 3.14. The van der Waals surface area contributed by atoms with Gasteiger partial charge in [-0.05, 0) is 38.6 Å². The molecule has 64 valence electrons. The molecule has 2 fully saturated rings. The van der Waals surface area contributed by atoms with E-state index in [0.29, 0.717) is 6.04 Å². The number of nitrogens with two attached hydrogens (primary N) is 1. The molecular weight excluding hydrogens is 136 g/mol. The van der Waals surface area contributed by atoms with E-state index in [9.17, 15) is 0 Å². The molecule has 2 nitrogen and oxygen atoms in total. The van der Waals surface area contributed by atoms with E-state index in [2.05, 4.69) is 11.8 Å². The number of hydrogen-bond acceptors (Lipinski definition) is 2. The Hall–Kier alpha value is -0.0800. The maximum Gasteiger partial charge on any atom is 0.00836 e. The summed E-state index contributed by atoms with van der Waals surface area (Å²) in [6, 6.07) is 1.35. The van der Waals surface area contributed by atoms with Gasteiger partial charge in [0.2, 0.25) is 0 Å². The summed E-state index contributed by atoms with van der Waals surface area (Å²) < 4.78 is 0. The van der Waals surface area contributed by atoms with Crippen molar-refractivity contribution in [3.8, 4) is 0 Å². The summed E-state index contributed by atoms with van der Waals surface area (Å²) in [5, 5.41) is 0. The Morgan fingerprint density at radius 3 is 2.73 bits per heavy atom. The molecule has 11 heavy (non-hydrogen) atoms. The molecule has 0 amide bonds. The molecule has 1 aliphatic carbocycles. The molecule has 2 heteroatoms. The van der Waals surface area contributed by atoms with Gasteiger partial charge in [0.15, 0.2) is 0 Å². The molecule has 0 aromatic carbocycles. The van der Waals surface area contributed by atoms with Crippen LogP contribution in [0.3, 0.4) is 0 Å². The summed E-state index contributed by atoms with van der Waals surface area (Å²) in [5.41, 5.74) is 5.76. The Kier molecular flexibility index (Phi) is 1.90. The third kappa shape index (κ3) is 1.57. The largest absolute Gasteiger partial charge is 0.327 e. The lowest BCUT2D eigenvalue weighted by atomic mass is 10.2. The van der Waals surface area contributed by atoms with Gasteiger partial charge in [0, 0.05) is 18.6 Å². The highest BCUT2D eigenvalue weighted by molar-refractivity contribution is 4.93. The van der Waals surface area contributed by atoms with Crippen LogP contribution in [0.15, 0.2) is 0 Å². The van der Waals surface area contributed by atoms with Gasteiger partial charge in [-0.3, -0.25) is 0 Å². The molecule has 1 saturated heterocycles. The van der Waals surface area contributed by atoms with Gasteiger partial charge in [0.25, 0.3) is 0 Å². The van der Waals surface area contributed by atoms with E-state index in [1.807, 2.05) is 0 Å². The summed E-state index contributed by atoms with van der Waals surface area (Å²) in [6.07, 6.45) is 4.05. The van der Waals surface area contributed by atoms with Gasteiger partial charge < -0.3 is 10.6 Å². The van der Waals surface area contributed by atoms with Crippen LogP contribution in [-0.4, -0.2) is 30.1 Å². The SMILES string of the molecule is CC1CCCN1CC1CC1N.